The average Bonchev–Trinajstić information content (AvgIpc) is 2.99. The van der Waals surface area contributed by atoms with Gasteiger partial charge in [0, 0.05) is 12.1 Å². The molecule has 0 radical (unpaired) electrons. The first kappa shape index (κ1) is 13.8. The van der Waals surface area contributed by atoms with Crippen LogP contribution in [0, 0.1) is 6.92 Å². The van der Waals surface area contributed by atoms with Crippen molar-refractivity contribution in [2.45, 2.75) is 19.8 Å². The Hall–Kier alpha value is -2.21. The molecule has 110 valence electrons. The molecule has 0 spiro atoms. The van der Waals surface area contributed by atoms with Gasteiger partial charge in [-0.2, -0.15) is 0 Å². The van der Waals surface area contributed by atoms with Crippen molar-refractivity contribution in [2.75, 3.05) is 12.3 Å². The van der Waals surface area contributed by atoms with Crippen molar-refractivity contribution in [1.29, 1.82) is 0 Å². The van der Waals surface area contributed by atoms with Crippen LogP contribution < -0.4 is 10.5 Å². The lowest BCUT2D eigenvalue weighted by atomic mass is 10.3. The third kappa shape index (κ3) is 2.80. The molecule has 3 aromatic rings. The molecule has 3 rings (SSSR count). The summed E-state index contributed by atoms with van der Waals surface area (Å²) in [7, 11) is 0. The first-order chi connectivity index (χ1) is 10.1. The van der Waals surface area contributed by atoms with Crippen LogP contribution in [0.3, 0.4) is 0 Å². The fourth-order valence-electron chi connectivity index (χ4n) is 2.11. The molecular weight excluding hydrogens is 290 g/mol. The summed E-state index contributed by atoms with van der Waals surface area (Å²) in [6.07, 6.45) is 1.59. The number of fused-ring (bicyclic) bond motifs is 1. The number of nitrogens with one attached hydrogen (secondary N) is 1. The van der Waals surface area contributed by atoms with Crippen LogP contribution in [0.1, 0.15) is 17.9 Å². The van der Waals surface area contributed by atoms with Gasteiger partial charge in [0.15, 0.2) is 11.5 Å². The van der Waals surface area contributed by atoms with Crippen molar-refractivity contribution in [3.63, 3.8) is 0 Å². The number of H-pyrrole nitrogens is 1. The second-order valence-electron chi connectivity index (χ2n) is 4.85. The molecule has 3 N–H and O–H groups in total. The summed E-state index contributed by atoms with van der Waals surface area (Å²) in [5.74, 6) is 1.66. The summed E-state index contributed by atoms with van der Waals surface area (Å²) in [6.45, 7) is 2.51. The number of aromatic amines is 1. The van der Waals surface area contributed by atoms with Crippen LogP contribution in [0.5, 0.6) is 5.75 Å². The Kier molecular flexibility index (Phi) is 3.70. The van der Waals surface area contributed by atoms with E-state index < -0.39 is 0 Å². The number of benzene rings is 1. The van der Waals surface area contributed by atoms with Gasteiger partial charge in [0.25, 0.3) is 0 Å². The Balaban J connectivity index is 1.57. The Labute approximate surface area is 126 Å². The molecule has 0 bridgehead atoms. The monoisotopic (exact) mass is 305 g/mol. The lowest BCUT2D eigenvalue weighted by molar-refractivity contribution is 0.309. The molecule has 1 aromatic carbocycles. The number of nitrogen functional groups attached to an aromatic ring is 1. The van der Waals surface area contributed by atoms with E-state index in [-0.39, 0.29) is 0 Å². The average molecular weight is 306 g/mol. The van der Waals surface area contributed by atoms with E-state index >= 15 is 0 Å². The molecule has 0 aliphatic rings. The van der Waals surface area contributed by atoms with Gasteiger partial charge < -0.3 is 10.5 Å². The highest BCUT2D eigenvalue weighted by atomic mass is 35.5. The van der Waals surface area contributed by atoms with E-state index in [1.165, 1.54) is 0 Å². The second kappa shape index (κ2) is 5.65. The molecule has 0 unspecified atom stereocenters. The molecule has 0 amide bonds. The van der Waals surface area contributed by atoms with Crippen molar-refractivity contribution in [3.8, 4) is 5.75 Å². The first-order valence-electron chi connectivity index (χ1n) is 6.71. The summed E-state index contributed by atoms with van der Waals surface area (Å²) in [5.41, 5.74) is 7.91. The topological polar surface area (TPSA) is 81.2 Å². The van der Waals surface area contributed by atoms with E-state index in [0.29, 0.717) is 17.3 Å². The molecular formula is C14H16ClN5O. The number of nitrogens with two attached hydrogens (primary N) is 1. The van der Waals surface area contributed by atoms with Crippen LogP contribution in [-0.2, 0) is 6.42 Å². The summed E-state index contributed by atoms with van der Waals surface area (Å²) in [5, 5.41) is 12.0. The number of anilines is 1. The van der Waals surface area contributed by atoms with Crippen LogP contribution in [0.2, 0.25) is 5.02 Å². The van der Waals surface area contributed by atoms with Gasteiger partial charge in [0.1, 0.15) is 10.8 Å². The maximum atomic E-state index is 6.12. The smallest absolute Gasteiger partial charge is 0.196 e. The molecule has 2 heterocycles. The molecule has 0 aliphatic heterocycles. The minimum atomic E-state index is 0.603. The molecule has 0 atom stereocenters. The highest BCUT2D eigenvalue weighted by Gasteiger charge is 2.12. The van der Waals surface area contributed by atoms with E-state index in [2.05, 4.69) is 15.3 Å². The number of aryl methyl sites for hydroxylation is 2. The molecule has 21 heavy (non-hydrogen) atoms. The normalized spacial score (nSPS) is 11.1. The zero-order chi connectivity index (χ0) is 14.8. The number of aromatic nitrogens is 4. The zero-order valence-electron chi connectivity index (χ0n) is 11.6. The molecule has 0 fully saturated rings. The number of hydrogen-bond acceptors (Lipinski definition) is 4. The summed E-state index contributed by atoms with van der Waals surface area (Å²) in [6, 6.07) is 7.36. The van der Waals surface area contributed by atoms with Crippen LogP contribution in [-0.4, -0.2) is 26.4 Å². The fourth-order valence-corrected chi connectivity index (χ4v) is 2.27. The maximum absolute atomic E-state index is 6.12. The third-order valence-electron chi connectivity index (χ3n) is 3.23. The van der Waals surface area contributed by atoms with Crippen molar-refractivity contribution in [2.24, 2.45) is 0 Å². The van der Waals surface area contributed by atoms with Crippen molar-refractivity contribution in [1.82, 2.24) is 19.8 Å². The van der Waals surface area contributed by atoms with E-state index in [1.807, 2.05) is 35.7 Å². The predicted octanol–water partition coefficient (Wildman–Crippen LogP) is 2.61. The van der Waals surface area contributed by atoms with Gasteiger partial charge in [-0.15, -0.1) is 10.2 Å². The molecule has 0 saturated carbocycles. The minimum Gasteiger partial charge on any atom is -0.494 e. The number of halogens is 1. The van der Waals surface area contributed by atoms with Gasteiger partial charge in [0.2, 0.25) is 0 Å². The Morgan fingerprint density at radius 1 is 1.29 bits per heavy atom. The predicted molar refractivity (Wildman–Crippen MR) is 81.8 cm³/mol. The third-order valence-corrected chi connectivity index (χ3v) is 3.68. The molecule has 2 aromatic heterocycles. The van der Waals surface area contributed by atoms with Crippen LogP contribution in [0.4, 0.5) is 5.69 Å². The number of hydrogen-bond donors (Lipinski definition) is 2. The maximum Gasteiger partial charge on any atom is 0.196 e. The van der Waals surface area contributed by atoms with Gasteiger partial charge in [-0.3, -0.25) is 5.10 Å². The highest BCUT2D eigenvalue weighted by molar-refractivity contribution is 6.34. The van der Waals surface area contributed by atoms with Gasteiger partial charge in [-0.05, 0) is 37.6 Å². The molecule has 6 nitrogen and oxygen atoms in total. The number of nitrogens with zero attached hydrogens (tertiary/aromatic N) is 3. The standard InChI is InChI=1S/C14H16ClN5O/c1-9-13(15)14-18-17-12(20(14)19-9)3-2-8-21-11-6-4-10(16)5-7-11/h4-7,19H,2-3,8,16H2,1H3. The Morgan fingerprint density at radius 3 is 2.81 bits per heavy atom. The van der Waals surface area contributed by atoms with Gasteiger partial charge in [-0.25, -0.2) is 4.52 Å². The fraction of sp³-hybridized carbons (Fsp3) is 0.286. The van der Waals surface area contributed by atoms with E-state index in [1.54, 1.807) is 0 Å². The SMILES string of the molecule is Cc1[nH]n2c(CCCOc3ccc(N)cc3)nnc2c1Cl. The zero-order valence-corrected chi connectivity index (χ0v) is 12.4. The van der Waals surface area contributed by atoms with Crippen LogP contribution in [0.25, 0.3) is 5.65 Å². The van der Waals surface area contributed by atoms with Crippen LogP contribution in [0.15, 0.2) is 24.3 Å². The van der Waals surface area contributed by atoms with Crippen LogP contribution >= 0.6 is 11.6 Å². The van der Waals surface area contributed by atoms with Crippen molar-refractivity contribution in [3.05, 3.63) is 40.8 Å². The Morgan fingerprint density at radius 2 is 2.05 bits per heavy atom. The van der Waals surface area contributed by atoms with Crippen molar-refractivity contribution < 1.29 is 4.74 Å². The van der Waals surface area contributed by atoms with E-state index in [0.717, 1.165) is 35.8 Å². The van der Waals surface area contributed by atoms with E-state index in [9.17, 15) is 0 Å². The minimum absolute atomic E-state index is 0.603. The summed E-state index contributed by atoms with van der Waals surface area (Å²) < 4.78 is 7.47. The largest absolute Gasteiger partial charge is 0.494 e. The summed E-state index contributed by atoms with van der Waals surface area (Å²) >= 11 is 6.12. The second-order valence-corrected chi connectivity index (χ2v) is 5.23. The molecule has 0 saturated heterocycles. The van der Waals surface area contributed by atoms with E-state index in [4.69, 9.17) is 22.1 Å². The van der Waals surface area contributed by atoms with Gasteiger partial charge in [0.05, 0.1) is 12.3 Å². The van der Waals surface area contributed by atoms with Crippen molar-refractivity contribution >= 4 is 22.9 Å². The first-order valence-corrected chi connectivity index (χ1v) is 7.09. The quantitative estimate of drug-likeness (QED) is 0.561. The number of ether oxygens (including phenoxy) is 1. The van der Waals surface area contributed by atoms with Gasteiger partial charge in [-0.1, -0.05) is 11.6 Å². The molecule has 7 heteroatoms. The van der Waals surface area contributed by atoms with Gasteiger partial charge >= 0.3 is 0 Å². The lowest BCUT2D eigenvalue weighted by Crippen LogP contribution is -2.03. The number of rotatable bonds is 5. The molecule has 0 aliphatic carbocycles. The highest BCUT2D eigenvalue weighted by Crippen LogP contribution is 2.20. The Bertz CT molecular complexity index is 747. The summed E-state index contributed by atoms with van der Waals surface area (Å²) in [4.78, 5) is 0. The lowest BCUT2D eigenvalue weighted by Gasteiger charge is -2.05.